The minimum absolute atomic E-state index is 0.0818. The van der Waals surface area contributed by atoms with Gasteiger partial charge in [-0.3, -0.25) is 4.79 Å². The third kappa shape index (κ3) is 4.12. The number of carbonyl (C=O) groups is 1. The third-order valence-electron chi connectivity index (χ3n) is 1.90. The molecule has 1 N–H and O–H groups in total. The molecule has 0 bridgehead atoms. The Labute approximate surface area is 96.9 Å². The lowest BCUT2D eigenvalue weighted by atomic mass is 10.2. The summed E-state index contributed by atoms with van der Waals surface area (Å²) in [5, 5.41) is 0. The fourth-order valence-electron chi connectivity index (χ4n) is 1.03. The Morgan fingerprint density at radius 1 is 1.38 bits per heavy atom. The van der Waals surface area contributed by atoms with Crippen LogP contribution in [0, 0.1) is 5.92 Å². The van der Waals surface area contributed by atoms with Gasteiger partial charge >= 0.3 is 5.97 Å². The summed E-state index contributed by atoms with van der Waals surface area (Å²) in [6.45, 7) is 3.51. The number of hydrogen-bond donors (Lipinski definition) is 1. The Hall–Kier alpha value is -1.20. The van der Waals surface area contributed by atoms with Gasteiger partial charge in [0.05, 0.1) is 11.7 Å². The lowest BCUT2D eigenvalue weighted by Gasteiger charge is -2.06. The molecule has 5 heteroatoms. The average molecular weight is 242 g/mol. The molecule has 0 aliphatic carbocycles. The van der Waals surface area contributed by atoms with Crippen LogP contribution in [0.3, 0.4) is 0 Å². The highest BCUT2D eigenvalue weighted by Gasteiger charge is 2.09. The average Bonchev–Trinajstić information content (AvgIpc) is 2.20. The zero-order chi connectivity index (χ0) is 12.1. The van der Waals surface area contributed by atoms with Crippen LogP contribution in [0.2, 0.25) is 0 Å². The second-order valence-corrected chi connectivity index (χ2v) is 4.62. The van der Waals surface area contributed by atoms with E-state index < -0.39 is 11.1 Å². The molecular weight excluding hydrogens is 228 g/mol. The lowest BCUT2D eigenvalue weighted by Crippen LogP contribution is -2.14. The van der Waals surface area contributed by atoms with Crippen molar-refractivity contribution in [3.8, 4) is 5.75 Å². The quantitative estimate of drug-likeness (QED) is 0.498. The molecule has 0 aromatic heterocycles. The molecule has 0 heterocycles. The maximum atomic E-state index is 11.3. The molecule has 0 radical (unpaired) electrons. The largest absolute Gasteiger partial charge is 0.426 e. The van der Waals surface area contributed by atoms with E-state index in [-0.39, 0.29) is 17.6 Å². The van der Waals surface area contributed by atoms with E-state index >= 15 is 0 Å². The minimum atomic E-state index is -1.85. The van der Waals surface area contributed by atoms with E-state index in [1.165, 1.54) is 0 Å². The van der Waals surface area contributed by atoms with Gasteiger partial charge < -0.3 is 9.29 Å². The van der Waals surface area contributed by atoms with Crippen molar-refractivity contribution < 1.29 is 18.3 Å². The van der Waals surface area contributed by atoms with Crippen LogP contribution < -0.4 is 4.74 Å². The van der Waals surface area contributed by atoms with E-state index in [4.69, 9.17) is 9.29 Å². The molecule has 4 nitrogen and oxygen atoms in total. The fraction of sp³-hybridized carbons (Fsp3) is 0.364. The lowest BCUT2D eigenvalue weighted by molar-refractivity contribution is -0.137. The van der Waals surface area contributed by atoms with E-state index in [1.807, 2.05) is 0 Å². The summed E-state index contributed by atoms with van der Waals surface area (Å²) in [4.78, 5) is 11.3. The fourth-order valence-corrected chi connectivity index (χ4v) is 1.51. The van der Waals surface area contributed by atoms with E-state index in [0.717, 1.165) is 5.56 Å². The summed E-state index contributed by atoms with van der Waals surface area (Å²) < 4.78 is 24.3. The van der Waals surface area contributed by atoms with Gasteiger partial charge in [0.1, 0.15) is 5.75 Å². The molecule has 88 valence electrons. The molecule has 16 heavy (non-hydrogen) atoms. The number of ether oxygens (including phenoxy) is 1. The molecule has 1 aromatic carbocycles. The molecule has 0 saturated carbocycles. The first-order chi connectivity index (χ1) is 7.49. The number of rotatable bonds is 4. The van der Waals surface area contributed by atoms with Gasteiger partial charge in [-0.1, -0.05) is 26.0 Å². The second-order valence-electron chi connectivity index (χ2n) is 3.69. The molecule has 0 saturated heterocycles. The van der Waals surface area contributed by atoms with Gasteiger partial charge in [0.15, 0.2) is 11.1 Å². The van der Waals surface area contributed by atoms with Gasteiger partial charge in [-0.15, -0.1) is 0 Å². The first kappa shape index (κ1) is 12.9. The van der Waals surface area contributed by atoms with Crippen LogP contribution in [0.1, 0.15) is 19.4 Å². The third-order valence-corrected chi connectivity index (χ3v) is 2.48. The highest BCUT2D eigenvalue weighted by Crippen LogP contribution is 2.14. The van der Waals surface area contributed by atoms with Gasteiger partial charge in [-0.05, 0) is 17.7 Å². The number of esters is 1. The second kappa shape index (κ2) is 5.77. The molecule has 0 fully saturated rings. The summed E-state index contributed by atoms with van der Waals surface area (Å²) in [5.41, 5.74) is 0.727. The molecular formula is C11H14O4S. The summed E-state index contributed by atoms with van der Waals surface area (Å²) in [7, 11) is 0. The standard InChI is InChI=1S/C11H14O4S/c1-8(2)11(12)15-10-5-3-9(4-6-10)7-16(13)14/h3-6,8H,7H2,1-2H3,(H,13,14). The normalized spacial score (nSPS) is 12.5. The van der Waals surface area contributed by atoms with E-state index in [9.17, 15) is 9.00 Å². The van der Waals surface area contributed by atoms with E-state index in [0.29, 0.717) is 5.75 Å². The van der Waals surface area contributed by atoms with Crippen molar-refractivity contribution >= 4 is 17.0 Å². The van der Waals surface area contributed by atoms with Crippen molar-refractivity contribution in [1.82, 2.24) is 0 Å². The van der Waals surface area contributed by atoms with Gasteiger partial charge in [0.2, 0.25) is 0 Å². The molecule has 0 aliphatic heterocycles. The van der Waals surface area contributed by atoms with Crippen LogP contribution in [0.15, 0.2) is 24.3 Å². The molecule has 1 atom stereocenters. The first-order valence-corrected chi connectivity index (χ1v) is 6.14. The Balaban J connectivity index is 2.64. The highest BCUT2D eigenvalue weighted by atomic mass is 32.2. The van der Waals surface area contributed by atoms with Crippen LogP contribution in [0.4, 0.5) is 0 Å². The van der Waals surface area contributed by atoms with Gasteiger partial charge in [0, 0.05) is 0 Å². The maximum Gasteiger partial charge on any atom is 0.313 e. The van der Waals surface area contributed by atoms with Gasteiger partial charge in [-0.25, -0.2) is 4.21 Å². The van der Waals surface area contributed by atoms with E-state index in [2.05, 4.69) is 0 Å². The summed E-state index contributed by atoms with van der Waals surface area (Å²) >= 11 is -1.85. The van der Waals surface area contributed by atoms with Crippen molar-refractivity contribution in [1.29, 1.82) is 0 Å². The monoisotopic (exact) mass is 242 g/mol. The molecule has 0 aliphatic rings. The van der Waals surface area contributed by atoms with Gasteiger partial charge in [-0.2, -0.15) is 0 Å². The highest BCUT2D eigenvalue weighted by molar-refractivity contribution is 7.78. The number of benzene rings is 1. The first-order valence-electron chi connectivity index (χ1n) is 4.87. The molecule has 1 unspecified atom stereocenters. The van der Waals surface area contributed by atoms with Crippen LogP contribution in [-0.4, -0.2) is 14.7 Å². The Morgan fingerprint density at radius 3 is 2.38 bits per heavy atom. The van der Waals surface area contributed by atoms with Crippen LogP contribution in [0.5, 0.6) is 5.75 Å². The summed E-state index contributed by atoms with van der Waals surface area (Å²) in [6, 6.07) is 6.55. The van der Waals surface area contributed by atoms with E-state index in [1.54, 1.807) is 38.1 Å². The Morgan fingerprint density at radius 2 is 1.94 bits per heavy atom. The SMILES string of the molecule is CC(C)C(=O)Oc1ccc(CS(=O)O)cc1. The smallest absolute Gasteiger partial charge is 0.313 e. The molecule has 1 aromatic rings. The Bertz CT molecular complexity index is 383. The van der Waals surface area contributed by atoms with Crippen molar-refractivity contribution in [3.63, 3.8) is 0 Å². The number of hydrogen-bond acceptors (Lipinski definition) is 3. The van der Waals surface area contributed by atoms with Crippen molar-refractivity contribution in [2.24, 2.45) is 5.92 Å². The van der Waals surface area contributed by atoms with Crippen LogP contribution in [0.25, 0.3) is 0 Å². The van der Waals surface area contributed by atoms with Crippen molar-refractivity contribution in [2.75, 3.05) is 0 Å². The topological polar surface area (TPSA) is 63.6 Å². The number of carbonyl (C=O) groups excluding carboxylic acids is 1. The molecule has 0 spiro atoms. The molecule has 1 rings (SSSR count). The predicted octanol–water partition coefficient (Wildman–Crippen LogP) is 1.97. The van der Waals surface area contributed by atoms with Crippen molar-refractivity contribution in [2.45, 2.75) is 19.6 Å². The summed E-state index contributed by atoms with van der Waals surface area (Å²) in [6.07, 6.45) is 0. The van der Waals surface area contributed by atoms with Crippen molar-refractivity contribution in [3.05, 3.63) is 29.8 Å². The zero-order valence-corrected chi connectivity index (χ0v) is 9.99. The zero-order valence-electron chi connectivity index (χ0n) is 9.17. The maximum absolute atomic E-state index is 11.3. The van der Waals surface area contributed by atoms with Crippen LogP contribution in [-0.2, 0) is 21.6 Å². The van der Waals surface area contributed by atoms with Gasteiger partial charge in [0.25, 0.3) is 0 Å². The molecule has 0 amide bonds. The van der Waals surface area contributed by atoms with Crippen LogP contribution >= 0.6 is 0 Å². The Kier molecular flexibility index (Phi) is 4.64. The minimum Gasteiger partial charge on any atom is -0.426 e. The summed E-state index contributed by atoms with van der Waals surface area (Å²) in [5.74, 6) is 0.0626. The predicted molar refractivity (Wildman–Crippen MR) is 61.4 cm³/mol.